The highest BCUT2D eigenvalue weighted by Crippen LogP contribution is 2.22. The van der Waals surface area contributed by atoms with Crippen LogP contribution >= 0.6 is 0 Å². The molecule has 0 amide bonds. The summed E-state index contributed by atoms with van der Waals surface area (Å²) in [6.07, 6.45) is 3.27. The van der Waals surface area contributed by atoms with E-state index in [0.29, 0.717) is 17.7 Å². The normalized spacial score (nSPS) is 18.4. The molecule has 116 valence electrons. The van der Waals surface area contributed by atoms with E-state index in [1.807, 2.05) is 6.92 Å². The molecule has 1 atom stereocenters. The lowest BCUT2D eigenvalue weighted by Crippen LogP contribution is -2.32. The maximum Gasteiger partial charge on any atom is 0.277 e. The van der Waals surface area contributed by atoms with Crippen LogP contribution in [0.5, 0.6) is 0 Å². The number of halogens is 1. The molecule has 5 heteroatoms. The van der Waals surface area contributed by atoms with Crippen molar-refractivity contribution < 1.29 is 9.13 Å². The van der Waals surface area contributed by atoms with E-state index < -0.39 is 0 Å². The Kier molecular flexibility index (Phi) is 4.34. The minimum absolute atomic E-state index is 0.185. The molecule has 0 spiro atoms. The van der Waals surface area contributed by atoms with Crippen LogP contribution in [0.4, 0.5) is 4.39 Å². The van der Waals surface area contributed by atoms with Crippen LogP contribution in [0, 0.1) is 5.82 Å². The van der Waals surface area contributed by atoms with Gasteiger partial charge >= 0.3 is 0 Å². The number of aromatic nitrogens is 2. The molecule has 3 rings (SSSR count). The summed E-state index contributed by atoms with van der Waals surface area (Å²) in [5.74, 6) is -0.315. The maximum absolute atomic E-state index is 13.1. The fourth-order valence-electron chi connectivity index (χ4n) is 2.69. The van der Waals surface area contributed by atoms with Gasteiger partial charge in [0, 0.05) is 6.61 Å². The van der Waals surface area contributed by atoms with Gasteiger partial charge in [0.25, 0.3) is 5.56 Å². The van der Waals surface area contributed by atoms with Crippen LogP contribution in [0.1, 0.15) is 38.1 Å². The van der Waals surface area contributed by atoms with Gasteiger partial charge in [0.15, 0.2) is 6.23 Å². The molecule has 1 saturated heterocycles. The summed E-state index contributed by atoms with van der Waals surface area (Å²) in [5.41, 5.74) is 1.89. The van der Waals surface area contributed by atoms with Crippen LogP contribution in [-0.2, 0) is 11.2 Å². The first-order valence-corrected chi connectivity index (χ1v) is 7.69. The summed E-state index contributed by atoms with van der Waals surface area (Å²) >= 11 is 0. The molecular formula is C17H19FN2O2. The molecule has 1 aliphatic heterocycles. The Balaban J connectivity index is 2.09. The van der Waals surface area contributed by atoms with Crippen molar-refractivity contribution in [1.29, 1.82) is 0 Å². The second-order valence-corrected chi connectivity index (χ2v) is 5.48. The SMILES string of the molecule is CCc1cc(-c2ccc(F)cc2)c(=O)n(C2CCCCO2)n1. The average molecular weight is 302 g/mol. The summed E-state index contributed by atoms with van der Waals surface area (Å²) in [6.45, 7) is 2.65. The number of rotatable bonds is 3. The van der Waals surface area contributed by atoms with Crippen molar-refractivity contribution in [3.63, 3.8) is 0 Å². The Bertz CT molecular complexity index is 704. The molecule has 1 unspecified atom stereocenters. The van der Waals surface area contributed by atoms with Crippen molar-refractivity contribution in [3.05, 3.63) is 52.2 Å². The molecule has 2 aromatic rings. The highest BCUT2D eigenvalue weighted by atomic mass is 19.1. The number of ether oxygens (including phenoxy) is 1. The number of hydrogen-bond acceptors (Lipinski definition) is 3. The second kappa shape index (κ2) is 6.40. The van der Waals surface area contributed by atoms with Crippen molar-refractivity contribution in [2.75, 3.05) is 6.61 Å². The highest BCUT2D eigenvalue weighted by Gasteiger charge is 2.20. The van der Waals surface area contributed by atoms with E-state index in [1.54, 1.807) is 18.2 Å². The quantitative estimate of drug-likeness (QED) is 0.873. The van der Waals surface area contributed by atoms with Gasteiger partial charge in [-0.3, -0.25) is 4.79 Å². The molecule has 2 heterocycles. The Hall–Kier alpha value is -2.01. The van der Waals surface area contributed by atoms with Gasteiger partial charge in [-0.25, -0.2) is 9.07 Å². The summed E-state index contributed by atoms with van der Waals surface area (Å²) in [5, 5.41) is 4.42. The molecule has 0 aliphatic carbocycles. The van der Waals surface area contributed by atoms with Crippen molar-refractivity contribution in [2.24, 2.45) is 0 Å². The highest BCUT2D eigenvalue weighted by molar-refractivity contribution is 5.62. The van der Waals surface area contributed by atoms with E-state index in [4.69, 9.17) is 4.74 Å². The molecule has 0 saturated carbocycles. The van der Waals surface area contributed by atoms with E-state index in [-0.39, 0.29) is 17.6 Å². The zero-order chi connectivity index (χ0) is 15.5. The standard InChI is InChI=1S/C17H19FN2O2/c1-2-14-11-15(12-6-8-13(18)9-7-12)17(21)20(19-14)16-5-3-4-10-22-16/h6-9,11,16H,2-5,10H2,1H3. The molecule has 0 bridgehead atoms. The van der Waals surface area contributed by atoms with Gasteiger partial charge in [0.05, 0.1) is 11.3 Å². The fourth-order valence-corrected chi connectivity index (χ4v) is 2.69. The second-order valence-electron chi connectivity index (χ2n) is 5.48. The maximum atomic E-state index is 13.1. The first-order valence-electron chi connectivity index (χ1n) is 7.69. The van der Waals surface area contributed by atoms with E-state index in [2.05, 4.69) is 5.10 Å². The van der Waals surface area contributed by atoms with Gasteiger partial charge in [-0.05, 0) is 49.4 Å². The molecule has 0 radical (unpaired) electrons. The molecular weight excluding hydrogens is 283 g/mol. The van der Waals surface area contributed by atoms with Crippen LogP contribution in [0.2, 0.25) is 0 Å². The smallest absolute Gasteiger partial charge is 0.277 e. The number of benzene rings is 1. The van der Waals surface area contributed by atoms with Crippen molar-refractivity contribution in [1.82, 2.24) is 9.78 Å². The molecule has 1 aromatic carbocycles. The lowest BCUT2D eigenvalue weighted by molar-refractivity contribution is -0.0426. The summed E-state index contributed by atoms with van der Waals surface area (Å²) in [6, 6.07) is 7.76. The number of hydrogen-bond donors (Lipinski definition) is 0. The van der Waals surface area contributed by atoms with E-state index in [1.165, 1.54) is 16.8 Å². The number of nitrogens with zero attached hydrogens (tertiary/aromatic N) is 2. The van der Waals surface area contributed by atoms with Gasteiger partial charge in [0.1, 0.15) is 5.82 Å². The minimum atomic E-state index is -0.315. The third-order valence-corrected chi connectivity index (χ3v) is 3.93. The molecule has 1 aromatic heterocycles. The average Bonchev–Trinajstić information content (AvgIpc) is 2.57. The fraction of sp³-hybridized carbons (Fsp3) is 0.412. The Morgan fingerprint density at radius 2 is 2.09 bits per heavy atom. The first kappa shape index (κ1) is 14.9. The number of aryl methyl sites for hydroxylation is 1. The van der Waals surface area contributed by atoms with Gasteiger partial charge < -0.3 is 4.74 Å². The van der Waals surface area contributed by atoms with Crippen molar-refractivity contribution >= 4 is 0 Å². The Morgan fingerprint density at radius 1 is 1.32 bits per heavy atom. The van der Waals surface area contributed by atoms with Crippen molar-refractivity contribution in [2.45, 2.75) is 38.8 Å². The molecule has 1 aliphatic rings. The lowest BCUT2D eigenvalue weighted by Gasteiger charge is -2.24. The van der Waals surface area contributed by atoms with Gasteiger partial charge in [-0.1, -0.05) is 19.1 Å². The third-order valence-electron chi connectivity index (χ3n) is 3.93. The summed E-state index contributed by atoms with van der Waals surface area (Å²) < 4.78 is 20.3. The van der Waals surface area contributed by atoms with Gasteiger partial charge in [0.2, 0.25) is 0 Å². The largest absolute Gasteiger partial charge is 0.356 e. The van der Waals surface area contributed by atoms with Crippen LogP contribution in [-0.4, -0.2) is 16.4 Å². The van der Waals surface area contributed by atoms with Crippen LogP contribution in [0.3, 0.4) is 0 Å². The third kappa shape index (κ3) is 2.95. The van der Waals surface area contributed by atoms with Crippen LogP contribution in [0.15, 0.2) is 35.1 Å². The Labute approximate surface area is 128 Å². The molecule has 4 nitrogen and oxygen atoms in total. The zero-order valence-electron chi connectivity index (χ0n) is 12.6. The predicted molar refractivity (Wildman–Crippen MR) is 82.1 cm³/mol. The Morgan fingerprint density at radius 3 is 2.73 bits per heavy atom. The summed E-state index contributed by atoms with van der Waals surface area (Å²) in [7, 11) is 0. The van der Waals surface area contributed by atoms with Gasteiger partial charge in [-0.15, -0.1) is 0 Å². The van der Waals surface area contributed by atoms with Crippen LogP contribution in [0.25, 0.3) is 11.1 Å². The monoisotopic (exact) mass is 302 g/mol. The molecule has 0 N–H and O–H groups in total. The topological polar surface area (TPSA) is 44.1 Å². The van der Waals surface area contributed by atoms with Crippen molar-refractivity contribution in [3.8, 4) is 11.1 Å². The van der Waals surface area contributed by atoms with E-state index >= 15 is 0 Å². The molecule has 1 fully saturated rings. The zero-order valence-corrected chi connectivity index (χ0v) is 12.6. The molecule has 22 heavy (non-hydrogen) atoms. The van der Waals surface area contributed by atoms with E-state index in [0.717, 1.165) is 31.4 Å². The minimum Gasteiger partial charge on any atom is -0.356 e. The summed E-state index contributed by atoms with van der Waals surface area (Å²) in [4.78, 5) is 12.7. The lowest BCUT2D eigenvalue weighted by atomic mass is 10.1. The first-order chi connectivity index (χ1) is 10.7. The van der Waals surface area contributed by atoms with Crippen LogP contribution < -0.4 is 5.56 Å². The van der Waals surface area contributed by atoms with Gasteiger partial charge in [-0.2, -0.15) is 5.10 Å². The predicted octanol–water partition coefficient (Wildman–Crippen LogP) is 3.31. The van der Waals surface area contributed by atoms with E-state index in [9.17, 15) is 9.18 Å².